The maximum absolute atomic E-state index is 12.1. The van der Waals surface area contributed by atoms with E-state index in [1.54, 1.807) is 11.1 Å². The van der Waals surface area contributed by atoms with E-state index in [1.807, 2.05) is 26.0 Å². The van der Waals surface area contributed by atoms with Crippen LogP contribution in [0.2, 0.25) is 0 Å². The molecule has 0 aliphatic carbocycles. The van der Waals surface area contributed by atoms with E-state index in [9.17, 15) is 4.79 Å². The van der Waals surface area contributed by atoms with Crippen molar-refractivity contribution in [2.75, 3.05) is 31.1 Å². The van der Waals surface area contributed by atoms with Crippen LogP contribution in [0.5, 0.6) is 0 Å². The summed E-state index contributed by atoms with van der Waals surface area (Å²) in [4.78, 5) is 20.3. The molecule has 0 spiro atoms. The molecule has 0 radical (unpaired) electrons. The summed E-state index contributed by atoms with van der Waals surface area (Å²) in [6, 6.07) is 3.78. The van der Waals surface area contributed by atoms with Crippen molar-refractivity contribution in [3.8, 4) is 0 Å². The molecule has 0 fully saturated rings. The summed E-state index contributed by atoms with van der Waals surface area (Å²) in [5.41, 5.74) is 1.59. The lowest BCUT2D eigenvalue weighted by Gasteiger charge is -2.21. The Morgan fingerprint density at radius 1 is 1.06 bits per heavy atom. The number of rotatable bonds is 6. The number of aromatic nitrogens is 1. The highest BCUT2D eigenvalue weighted by Gasteiger charge is 2.13. The van der Waals surface area contributed by atoms with Gasteiger partial charge >= 0.3 is 0 Å². The maximum Gasteiger partial charge on any atom is 0.272 e. The topological polar surface area (TPSA) is 36.4 Å². The molecule has 1 rings (SSSR count). The highest BCUT2D eigenvalue weighted by molar-refractivity contribution is 5.92. The molecular formula is C14H23N3O. The Hall–Kier alpha value is -1.58. The molecule has 0 aliphatic heterocycles. The lowest BCUT2D eigenvalue weighted by molar-refractivity contribution is 0.0767. The van der Waals surface area contributed by atoms with Gasteiger partial charge in [0.15, 0.2) is 0 Å². The summed E-state index contributed by atoms with van der Waals surface area (Å²) < 4.78 is 0. The molecular weight excluding hydrogens is 226 g/mol. The van der Waals surface area contributed by atoms with Crippen LogP contribution in [0.25, 0.3) is 0 Å². The van der Waals surface area contributed by atoms with Crippen LogP contribution in [-0.2, 0) is 0 Å². The highest BCUT2D eigenvalue weighted by Crippen LogP contribution is 2.13. The highest BCUT2D eigenvalue weighted by atomic mass is 16.2. The third-order valence-electron chi connectivity index (χ3n) is 3.15. The number of amides is 1. The minimum Gasteiger partial charge on any atom is -0.371 e. The van der Waals surface area contributed by atoms with E-state index in [-0.39, 0.29) is 5.91 Å². The molecule has 0 saturated heterocycles. The lowest BCUT2D eigenvalue weighted by Crippen LogP contribution is -2.31. The van der Waals surface area contributed by atoms with E-state index in [1.165, 1.54) is 0 Å². The Morgan fingerprint density at radius 2 is 1.67 bits per heavy atom. The number of nitrogens with zero attached hydrogens (tertiary/aromatic N) is 3. The van der Waals surface area contributed by atoms with Crippen LogP contribution in [-0.4, -0.2) is 42.0 Å². The van der Waals surface area contributed by atoms with Gasteiger partial charge in [-0.3, -0.25) is 4.79 Å². The van der Waals surface area contributed by atoms with Crippen LogP contribution in [0.3, 0.4) is 0 Å². The molecule has 0 aliphatic rings. The van der Waals surface area contributed by atoms with Gasteiger partial charge in [-0.15, -0.1) is 0 Å². The Morgan fingerprint density at radius 3 is 2.06 bits per heavy atom. The molecule has 1 amide bonds. The minimum atomic E-state index is 0.00565. The monoisotopic (exact) mass is 249 g/mol. The van der Waals surface area contributed by atoms with Gasteiger partial charge in [0.2, 0.25) is 0 Å². The first-order valence-electron chi connectivity index (χ1n) is 6.68. The number of hydrogen-bond donors (Lipinski definition) is 0. The summed E-state index contributed by atoms with van der Waals surface area (Å²) in [6.07, 6.45) is 1.78. The largest absolute Gasteiger partial charge is 0.371 e. The molecule has 1 aromatic heterocycles. The first-order valence-corrected chi connectivity index (χ1v) is 6.68. The summed E-state index contributed by atoms with van der Waals surface area (Å²) in [5, 5.41) is 0. The van der Waals surface area contributed by atoms with Crippen LogP contribution < -0.4 is 4.90 Å². The van der Waals surface area contributed by atoms with Crippen molar-refractivity contribution in [2.24, 2.45) is 0 Å². The van der Waals surface area contributed by atoms with Crippen LogP contribution in [0.1, 0.15) is 38.2 Å². The van der Waals surface area contributed by atoms with Gasteiger partial charge in [0.25, 0.3) is 5.91 Å². The minimum absolute atomic E-state index is 0.00565. The second-order valence-electron chi connectivity index (χ2n) is 4.05. The molecule has 100 valence electrons. The van der Waals surface area contributed by atoms with Crippen LogP contribution in [0, 0.1) is 0 Å². The summed E-state index contributed by atoms with van der Waals surface area (Å²) >= 11 is 0. The third-order valence-corrected chi connectivity index (χ3v) is 3.15. The van der Waals surface area contributed by atoms with Gasteiger partial charge in [0.05, 0.1) is 11.9 Å². The molecule has 0 unspecified atom stereocenters. The molecule has 1 aromatic rings. The molecule has 1 heterocycles. The van der Waals surface area contributed by atoms with Gasteiger partial charge in [0, 0.05) is 26.2 Å². The third kappa shape index (κ3) is 3.22. The first-order chi connectivity index (χ1) is 8.67. The number of pyridine rings is 1. The molecule has 0 N–H and O–H groups in total. The fraction of sp³-hybridized carbons (Fsp3) is 0.571. The van der Waals surface area contributed by atoms with E-state index < -0.39 is 0 Å². The molecule has 18 heavy (non-hydrogen) atoms. The average Bonchev–Trinajstić information content (AvgIpc) is 2.42. The summed E-state index contributed by atoms with van der Waals surface area (Å²) in [6.45, 7) is 11.5. The molecule has 4 heteroatoms. The SMILES string of the molecule is CCN(CC)C(=O)c1ccc(N(CC)CC)cn1. The molecule has 0 atom stereocenters. The van der Waals surface area contributed by atoms with Gasteiger partial charge in [-0.2, -0.15) is 0 Å². The van der Waals surface area contributed by atoms with E-state index >= 15 is 0 Å². The fourth-order valence-electron chi connectivity index (χ4n) is 1.96. The molecule has 4 nitrogen and oxygen atoms in total. The quantitative estimate of drug-likeness (QED) is 0.777. The summed E-state index contributed by atoms with van der Waals surface area (Å²) in [7, 11) is 0. The van der Waals surface area contributed by atoms with Crippen LogP contribution in [0.4, 0.5) is 5.69 Å². The van der Waals surface area contributed by atoms with Crippen molar-refractivity contribution < 1.29 is 4.79 Å². The van der Waals surface area contributed by atoms with Crippen molar-refractivity contribution in [1.29, 1.82) is 0 Å². The molecule has 0 aromatic carbocycles. The van der Waals surface area contributed by atoms with Gasteiger partial charge < -0.3 is 9.80 Å². The van der Waals surface area contributed by atoms with E-state index in [0.29, 0.717) is 5.69 Å². The van der Waals surface area contributed by atoms with E-state index in [2.05, 4.69) is 23.7 Å². The van der Waals surface area contributed by atoms with E-state index in [4.69, 9.17) is 0 Å². The van der Waals surface area contributed by atoms with Crippen LogP contribution in [0.15, 0.2) is 18.3 Å². The van der Waals surface area contributed by atoms with Gasteiger partial charge in [-0.25, -0.2) is 4.98 Å². The van der Waals surface area contributed by atoms with Crippen molar-refractivity contribution in [3.05, 3.63) is 24.0 Å². The molecule has 0 bridgehead atoms. The van der Waals surface area contributed by atoms with Gasteiger partial charge in [0.1, 0.15) is 5.69 Å². The number of carbonyl (C=O) groups excluding carboxylic acids is 1. The predicted octanol–water partition coefficient (Wildman–Crippen LogP) is 2.41. The second-order valence-corrected chi connectivity index (χ2v) is 4.05. The summed E-state index contributed by atoms with van der Waals surface area (Å²) in [5.74, 6) is 0.00565. The van der Waals surface area contributed by atoms with Crippen LogP contribution >= 0.6 is 0 Å². The Labute approximate surface area is 110 Å². The number of carbonyl (C=O) groups is 1. The zero-order valence-corrected chi connectivity index (χ0v) is 11.8. The molecule has 0 saturated carbocycles. The average molecular weight is 249 g/mol. The second kappa shape index (κ2) is 6.99. The fourth-order valence-corrected chi connectivity index (χ4v) is 1.96. The Bertz CT molecular complexity index is 367. The standard InChI is InChI=1S/C14H23N3O/c1-5-16(6-2)12-9-10-13(15-11-12)14(18)17(7-3)8-4/h9-11H,5-8H2,1-4H3. The lowest BCUT2D eigenvalue weighted by atomic mass is 10.2. The Balaban J connectivity index is 2.85. The Kier molecular flexibility index (Phi) is 5.62. The van der Waals surface area contributed by atoms with Crippen molar-refractivity contribution >= 4 is 11.6 Å². The normalized spacial score (nSPS) is 10.2. The van der Waals surface area contributed by atoms with Crippen molar-refractivity contribution in [1.82, 2.24) is 9.88 Å². The zero-order chi connectivity index (χ0) is 13.5. The number of hydrogen-bond acceptors (Lipinski definition) is 3. The van der Waals surface area contributed by atoms with Crippen molar-refractivity contribution in [3.63, 3.8) is 0 Å². The van der Waals surface area contributed by atoms with Gasteiger partial charge in [-0.1, -0.05) is 0 Å². The number of anilines is 1. The smallest absolute Gasteiger partial charge is 0.272 e. The maximum atomic E-state index is 12.1. The van der Waals surface area contributed by atoms with E-state index in [0.717, 1.165) is 31.9 Å². The predicted molar refractivity (Wildman–Crippen MR) is 75.0 cm³/mol. The van der Waals surface area contributed by atoms with Crippen molar-refractivity contribution in [2.45, 2.75) is 27.7 Å². The van der Waals surface area contributed by atoms with Gasteiger partial charge in [-0.05, 0) is 39.8 Å². The first kappa shape index (κ1) is 14.5. The zero-order valence-electron chi connectivity index (χ0n) is 11.8.